The molecule has 0 saturated heterocycles. The molecule has 5 aromatic heterocycles. The van der Waals surface area contributed by atoms with Gasteiger partial charge in [-0.25, -0.2) is 15.0 Å². The van der Waals surface area contributed by atoms with Crippen LogP contribution in [-0.4, -0.2) is 24.1 Å². The highest BCUT2D eigenvalue weighted by Crippen LogP contribution is 2.41. The zero-order valence-corrected chi connectivity index (χ0v) is 34.1. The zero-order valence-electron chi connectivity index (χ0n) is 34.1. The van der Waals surface area contributed by atoms with Crippen LogP contribution in [0.1, 0.15) is 0 Å². The van der Waals surface area contributed by atoms with Crippen molar-refractivity contribution in [3.63, 3.8) is 0 Å². The van der Waals surface area contributed by atoms with Gasteiger partial charge in [-0.3, -0.25) is 0 Å². The van der Waals surface area contributed by atoms with Crippen LogP contribution in [0.5, 0.6) is 0 Å². The van der Waals surface area contributed by atoms with Gasteiger partial charge in [-0.05, 0) is 66.7 Å². The molecule has 0 bridgehead atoms. The Bertz CT molecular complexity index is 3850. The van der Waals surface area contributed by atoms with Crippen molar-refractivity contribution in [2.24, 2.45) is 0 Å². The normalized spacial score (nSPS) is 12.1. The fourth-order valence-corrected chi connectivity index (χ4v) is 10.1. The van der Waals surface area contributed by atoms with Crippen molar-refractivity contribution in [1.29, 1.82) is 0 Å². The molecule has 0 spiro atoms. The molecule has 0 radical (unpaired) electrons. The highest BCUT2D eigenvalue weighted by Gasteiger charge is 2.23. The van der Waals surface area contributed by atoms with Crippen LogP contribution in [0.3, 0.4) is 0 Å². The number of furan rings is 2. The lowest BCUT2D eigenvalue weighted by molar-refractivity contribution is 0.668. The number of rotatable bonds is 5. The average molecular weight is 820 g/mol. The Morgan fingerprint density at radius 2 is 0.641 bits per heavy atom. The first-order valence-electron chi connectivity index (χ1n) is 21.4. The third kappa shape index (κ3) is 5.06. The first-order chi connectivity index (χ1) is 31.7. The lowest BCUT2D eigenvalue weighted by Gasteiger charge is -2.16. The highest BCUT2D eigenvalue weighted by molar-refractivity contribution is 6.14. The SMILES string of the molecule is c1ccc2c(c1)oc1cccc(-c3nc(-c4cc(-n5c6ccccc6c6ccccc65)cc(-n5c6ccccc6c6ccccc65)c4)nc(-c4cccc5oc6ccccc6c45)n3)c12. The van der Waals surface area contributed by atoms with E-state index < -0.39 is 0 Å². The molecule has 0 aliphatic carbocycles. The molecular formula is C57H33N5O2. The van der Waals surface area contributed by atoms with Gasteiger partial charge in [-0.15, -0.1) is 0 Å². The quantitative estimate of drug-likeness (QED) is 0.173. The predicted molar refractivity (Wildman–Crippen MR) is 259 cm³/mol. The summed E-state index contributed by atoms with van der Waals surface area (Å²) < 4.78 is 17.5. The van der Waals surface area contributed by atoms with E-state index in [1.54, 1.807) is 0 Å². The van der Waals surface area contributed by atoms with Crippen molar-refractivity contribution in [3.05, 3.63) is 200 Å². The van der Waals surface area contributed by atoms with E-state index in [0.29, 0.717) is 17.5 Å². The number of aromatic nitrogens is 5. The van der Waals surface area contributed by atoms with Gasteiger partial charge < -0.3 is 18.0 Å². The Morgan fingerprint density at radius 1 is 0.297 bits per heavy atom. The molecule has 0 atom stereocenters. The second-order valence-corrected chi connectivity index (χ2v) is 16.3. The standard InChI is InChI=1S/C57H33N5O2/c1-7-23-45-37(15-1)38-16-2-8-24-46(38)61(45)35-31-34(32-36(33-35)62-47-25-9-3-17-39(47)40-18-4-10-26-48(40)62)55-58-56(43-21-13-29-51-53(43)41-19-5-11-27-49(41)63-51)60-57(59-55)44-22-14-30-52-54(44)42-20-6-12-28-50(42)64-52/h1-33H. The lowest BCUT2D eigenvalue weighted by Crippen LogP contribution is -2.04. The third-order valence-electron chi connectivity index (χ3n) is 12.8. The smallest absolute Gasteiger partial charge is 0.164 e. The van der Waals surface area contributed by atoms with Crippen molar-refractivity contribution in [2.75, 3.05) is 0 Å². The number of benzene rings is 9. The van der Waals surface area contributed by atoms with E-state index >= 15 is 0 Å². The molecule has 9 aromatic carbocycles. The van der Waals surface area contributed by atoms with Crippen LogP contribution in [0.25, 0.3) is 133 Å². The monoisotopic (exact) mass is 819 g/mol. The summed E-state index contributed by atoms with van der Waals surface area (Å²) in [6.45, 7) is 0. The first kappa shape index (κ1) is 34.9. The summed E-state index contributed by atoms with van der Waals surface area (Å²) in [5.41, 5.74) is 12.1. The van der Waals surface area contributed by atoms with E-state index in [2.05, 4.69) is 149 Å². The molecule has 7 heteroatoms. The van der Waals surface area contributed by atoms with E-state index in [-0.39, 0.29) is 0 Å². The van der Waals surface area contributed by atoms with E-state index in [9.17, 15) is 0 Å². The number of nitrogens with zero attached hydrogens (tertiary/aromatic N) is 5. The molecule has 7 nitrogen and oxygen atoms in total. The minimum absolute atomic E-state index is 0.541. The molecule has 298 valence electrons. The molecule has 0 fully saturated rings. The summed E-state index contributed by atoms with van der Waals surface area (Å²) in [6, 6.07) is 69.7. The van der Waals surface area contributed by atoms with Gasteiger partial charge in [-0.1, -0.05) is 133 Å². The van der Waals surface area contributed by atoms with Crippen molar-refractivity contribution >= 4 is 87.5 Å². The molecule has 0 unspecified atom stereocenters. The molecule has 0 N–H and O–H groups in total. The molecule has 14 rings (SSSR count). The molecule has 5 heterocycles. The summed E-state index contributed by atoms with van der Waals surface area (Å²) in [6.07, 6.45) is 0. The number of para-hydroxylation sites is 6. The average Bonchev–Trinajstić information content (AvgIpc) is 4.11. The van der Waals surface area contributed by atoms with E-state index in [0.717, 1.165) is 94.0 Å². The van der Waals surface area contributed by atoms with Gasteiger partial charge in [0.05, 0.1) is 22.1 Å². The van der Waals surface area contributed by atoms with E-state index in [4.69, 9.17) is 23.8 Å². The minimum Gasteiger partial charge on any atom is -0.456 e. The van der Waals surface area contributed by atoms with Gasteiger partial charge in [0, 0.05) is 71.2 Å². The molecular weight excluding hydrogens is 787 g/mol. The van der Waals surface area contributed by atoms with Gasteiger partial charge in [0.1, 0.15) is 22.3 Å². The van der Waals surface area contributed by atoms with Crippen LogP contribution in [0, 0.1) is 0 Å². The maximum absolute atomic E-state index is 6.41. The molecule has 0 amide bonds. The van der Waals surface area contributed by atoms with Crippen LogP contribution in [0.4, 0.5) is 0 Å². The largest absolute Gasteiger partial charge is 0.456 e. The Hall–Kier alpha value is -8.81. The highest BCUT2D eigenvalue weighted by atomic mass is 16.3. The first-order valence-corrected chi connectivity index (χ1v) is 21.4. The summed E-state index contributed by atoms with van der Waals surface area (Å²) in [4.78, 5) is 16.3. The number of fused-ring (bicyclic) bond motifs is 12. The third-order valence-corrected chi connectivity index (χ3v) is 12.8. The lowest BCUT2D eigenvalue weighted by atomic mass is 10.0. The van der Waals surface area contributed by atoms with Gasteiger partial charge in [0.25, 0.3) is 0 Å². The Balaban J connectivity index is 1.11. The molecule has 0 saturated carbocycles. The molecule has 14 aromatic rings. The van der Waals surface area contributed by atoms with Gasteiger partial charge in [-0.2, -0.15) is 0 Å². The second kappa shape index (κ2) is 13.3. The van der Waals surface area contributed by atoms with Crippen LogP contribution in [0.15, 0.2) is 209 Å². The number of hydrogen-bond donors (Lipinski definition) is 0. The van der Waals surface area contributed by atoms with Crippen molar-refractivity contribution < 1.29 is 8.83 Å². The maximum Gasteiger partial charge on any atom is 0.164 e. The predicted octanol–water partition coefficient (Wildman–Crippen LogP) is 14.9. The van der Waals surface area contributed by atoms with Gasteiger partial charge in [0.15, 0.2) is 17.5 Å². The van der Waals surface area contributed by atoms with Crippen molar-refractivity contribution in [3.8, 4) is 45.5 Å². The summed E-state index contributed by atoms with van der Waals surface area (Å²) >= 11 is 0. The van der Waals surface area contributed by atoms with Gasteiger partial charge in [0.2, 0.25) is 0 Å². The van der Waals surface area contributed by atoms with Crippen molar-refractivity contribution in [1.82, 2.24) is 24.1 Å². The topological polar surface area (TPSA) is 74.8 Å². The molecule has 0 aliphatic rings. The summed E-state index contributed by atoms with van der Waals surface area (Å²) in [5, 5.41) is 8.67. The van der Waals surface area contributed by atoms with Crippen LogP contribution in [-0.2, 0) is 0 Å². The molecule has 0 aliphatic heterocycles. The minimum atomic E-state index is 0.541. The van der Waals surface area contributed by atoms with Crippen molar-refractivity contribution in [2.45, 2.75) is 0 Å². The molecule has 64 heavy (non-hydrogen) atoms. The maximum atomic E-state index is 6.41. The Morgan fingerprint density at radius 3 is 1.06 bits per heavy atom. The van der Waals surface area contributed by atoms with Crippen LogP contribution < -0.4 is 0 Å². The fourth-order valence-electron chi connectivity index (χ4n) is 10.1. The summed E-state index contributed by atoms with van der Waals surface area (Å²) in [5.74, 6) is 1.63. The Labute approximate surface area is 364 Å². The van der Waals surface area contributed by atoms with Crippen LogP contribution >= 0.6 is 0 Å². The van der Waals surface area contributed by atoms with Gasteiger partial charge >= 0.3 is 0 Å². The van der Waals surface area contributed by atoms with E-state index in [1.807, 2.05) is 60.7 Å². The fraction of sp³-hybridized carbons (Fsp3) is 0. The number of hydrogen-bond acceptors (Lipinski definition) is 5. The Kier molecular flexibility index (Phi) is 7.27. The van der Waals surface area contributed by atoms with Crippen LogP contribution in [0.2, 0.25) is 0 Å². The second-order valence-electron chi connectivity index (χ2n) is 16.3. The zero-order chi connectivity index (χ0) is 41.9. The van der Waals surface area contributed by atoms with E-state index in [1.165, 1.54) is 21.5 Å². The summed E-state index contributed by atoms with van der Waals surface area (Å²) in [7, 11) is 0.